The Kier molecular flexibility index (Phi) is 4.41. The van der Waals surface area contributed by atoms with Gasteiger partial charge in [0.05, 0.1) is 13.7 Å². The highest BCUT2D eigenvalue weighted by atomic mass is 32.1. The van der Waals surface area contributed by atoms with E-state index in [1.807, 2.05) is 24.3 Å². The Morgan fingerprint density at radius 1 is 1.42 bits per heavy atom. The van der Waals surface area contributed by atoms with E-state index in [2.05, 4.69) is 28.7 Å². The van der Waals surface area contributed by atoms with Gasteiger partial charge in [-0.3, -0.25) is 0 Å². The molecule has 1 heterocycles. The number of guanidine groups is 1. The first-order valence-electron chi connectivity index (χ1n) is 5.93. The summed E-state index contributed by atoms with van der Waals surface area (Å²) in [6.45, 7) is 2.68. The third kappa shape index (κ3) is 3.72. The zero-order valence-electron chi connectivity index (χ0n) is 11.0. The molecule has 5 heteroatoms. The van der Waals surface area contributed by atoms with E-state index in [1.54, 1.807) is 18.4 Å². The van der Waals surface area contributed by atoms with Gasteiger partial charge in [0.1, 0.15) is 5.75 Å². The number of nitrogens with one attached hydrogen (secondary N) is 1. The maximum absolute atomic E-state index is 5.87. The van der Waals surface area contributed by atoms with Gasteiger partial charge in [-0.15, -0.1) is 11.3 Å². The number of rotatable bonds is 4. The lowest BCUT2D eigenvalue weighted by molar-refractivity contribution is 0.415. The summed E-state index contributed by atoms with van der Waals surface area (Å²) in [6, 6.07) is 9.66. The van der Waals surface area contributed by atoms with Crippen LogP contribution in [0.15, 0.2) is 40.7 Å². The lowest BCUT2D eigenvalue weighted by Crippen LogP contribution is -2.22. The SMILES string of the molecule is COc1cccc(NC(N)=NCc2sccc2C)c1. The minimum Gasteiger partial charge on any atom is -0.497 e. The van der Waals surface area contributed by atoms with Gasteiger partial charge in [-0.1, -0.05) is 6.07 Å². The molecule has 4 nitrogen and oxygen atoms in total. The smallest absolute Gasteiger partial charge is 0.193 e. The number of aryl methyl sites for hydroxylation is 1. The molecule has 0 unspecified atom stereocenters. The lowest BCUT2D eigenvalue weighted by Gasteiger charge is -2.07. The number of aliphatic imine (C=N–C) groups is 1. The van der Waals surface area contributed by atoms with Crippen LogP contribution in [-0.2, 0) is 6.54 Å². The van der Waals surface area contributed by atoms with Crippen molar-refractivity contribution in [2.24, 2.45) is 10.7 Å². The second-order valence-corrected chi connectivity index (χ2v) is 5.09. The van der Waals surface area contributed by atoms with E-state index in [9.17, 15) is 0 Å². The molecule has 0 bridgehead atoms. The number of benzene rings is 1. The van der Waals surface area contributed by atoms with Gasteiger partial charge in [0.15, 0.2) is 5.96 Å². The van der Waals surface area contributed by atoms with E-state index in [1.165, 1.54) is 10.4 Å². The first-order chi connectivity index (χ1) is 9.19. The number of methoxy groups -OCH3 is 1. The van der Waals surface area contributed by atoms with E-state index in [-0.39, 0.29) is 0 Å². The normalized spacial score (nSPS) is 11.4. The first-order valence-corrected chi connectivity index (χ1v) is 6.81. The third-order valence-electron chi connectivity index (χ3n) is 2.70. The first kappa shape index (κ1) is 13.4. The molecule has 2 aromatic rings. The van der Waals surface area contributed by atoms with Crippen LogP contribution >= 0.6 is 11.3 Å². The zero-order valence-corrected chi connectivity index (χ0v) is 11.8. The van der Waals surface area contributed by atoms with Crippen LogP contribution in [0, 0.1) is 6.92 Å². The number of hydrogen-bond donors (Lipinski definition) is 2. The standard InChI is InChI=1S/C14H17N3OS/c1-10-6-7-19-13(10)9-16-14(15)17-11-4-3-5-12(8-11)18-2/h3-8H,9H2,1-2H3,(H3,15,16,17). The van der Waals surface area contributed by atoms with Crippen molar-refractivity contribution >= 4 is 23.0 Å². The number of anilines is 1. The maximum atomic E-state index is 5.87. The van der Waals surface area contributed by atoms with Gasteiger partial charge in [-0.2, -0.15) is 0 Å². The van der Waals surface area contributed by atoms with Crippen molar-refractivity contribution in [3.63, 3.8) is 0 Å². The van der Waals surface area contributed by atoms with Gasteiger partial charge in [-0.05, 0) is 36.1 Å². The quantitative estimate of drug-likeness (QED) is 0.666. The van der Waals surface area contributed by atoms with Crippen molar-refractivity contribution in [2.45, 2.75) is 13.5 Å². The van der Waals surface area contributed by atoms with E-state index >= 15 is 0 Å². The zero-order chi connectivity index (χ0) is 13.7. The van der Waals surface area contributed by atoms with E-state index in [0.717, 1.165) is 11.4 Å². The Bertz CT molecular complexity index is 578. The topological polar surface area (TPSA) is 59.6 Å². The van der Waals surface area contributed by atoms with Crippen LogP contribution in [-0.4, -0.2) is 13.1 Å². The summed E-state index contributed by atoms with van der Waals surface area (Å²) >= 11 is 1.69. The molecule has 1 aromatic heterocycles. The molecule has 0 saturated heterocycles. The highest BCUT2D eigenvalue weighted by Crippen LogP contribution is 2.18. The van der Waals surface area contributed by atoms with Crippen molar-refractivity contribution in [3.05, 3.63) is 46.2 Å². The molecule has 0 aliphatic heterocycles. The molecule has 0 radical (unpaired) electrons. The summed E-state index contributed by atoms with van der Waals surface area (Å²) in [5, 5.41) is 5.11. The maximum Gasteiger partial charge on any atom is 0.193 e. The molecule has 3 N–H and O–H groups in total. The van der Waals surface area contributed by atoms with Gasteiger partial charge in [0, 0.05) is 16.6 Å². The number of nitrogens with zero attached hydrogens (tertiary/aromatic N) is 1. The number of thiophene rings is 1. The second-order valence-electron chi connectivity index (χ2n) is 4.09. The summed E-state index contributed by atoms with van der Waals surface area (Å²) in [5.41, 5.74) is 7.98. The third-order valence-corrected chi connectivity index (χ3v) is 3.71. The van der Waals surface area contributed by atoms with Crippen LogP contribution < -0.4 is 15.8 Å². The van der Waals surface area contributed by atoms with Crippen molar-refractivity contribution in [1.82, 2.24) is 0 Å². The molecule has 0 aliphatic carbocycles. The largest absolute Gasteiger partial charge is 0.497 e. The molecule has 0 amide bonds. The number of ether oxygens (including phenoxy) is 1. The number of nitrogens with two attached hydrogens (primary N) is 1. The Hall–Kier alpha value is -2.01. The van der Waals surface area contributed by atoms with Crippen LogP contribution in [0.3, 0.4) is 0 Å². The lowest BCUT2D eigenvalue weighted by atomic mass is 10.3. The fraction of sp³-hybridized carbons (Fsp3) is 0.214. The highest BCUT2D eigenvalue weighted by molar-refractivity contribution is 7.10. The molecule has 2 rings (SSSR count). The Morgan fingerprint density at radius 2 is 2.26 bits per heavy atom. The van der Waals surface area contributed by atoms with Gasteiger partial charge < -0.3 is 15.8 Å². The summed E-state index contributed by atoms with van der Waals surface area (Å²) in [5.74, 6) is 1.19. The van der Waals surface area contributed by atoms with Gasteiger partial charge >= 0.3 is 0 Å². The molecule has 100 valence electrons. The van der Waals surface area contributed by atoms with Crippen molar-refractivity contribution in [1.29, 1.82) is 0 Å². The molecule has 0 atom stereocenters. The van der Waals surface area contributed by atoms with Gasteiger partial charge in [-0.25, -0.2) is 4.99 Å². The number of hydrogen-bond acceptors (Lipinski definition) is 3. The van der Waals surface area contributed by atoms with Crippen molar-refractivity contribution in [3.8, 4) is 5.75 Å². The molecule has 0 fully saturated rings. The van der Waals surface area contributed by atoms with Gasteiger partial charge in [0.25, 0.3) is 0 Å². The Balaban J connectivity index is 2.00. The predicted molar refractivity (Wildman–Crippen MR) is 81.0 cm³/mol. The summed E-state index contributed by atoms with van der Waals surface area (Å²) in [4.78, 5) is 5.56. The predicted octanol–water partition coefficient (Wildman–Crippen LogP) is 2.99. The highest BCUT2D eigenvalue weighted by Gasteiger charge is 2.00. The molecule has 0 aliphatic rings. The molecule has 1 aromatic carbocycles. The summed E-state index contributed by atoms with van der Waals surface area (Å²) < 4.78 is 5.15. The average Bonchev–Trinajstić information content (AvgIpc) is 2.82. The van der Waals surface area contributed by atoms with E-state index < -0.39 is 0 Å². The fourth-order valence-electron chi connectivity index (χ4n) is 1.61. The average molecular weight is 275 g/mol. The van der Waals surface area contributed by atoms with Crippen molar-refractivity contribution in [2.75, 3.05) is 12.4 Å². The minimum absolute atomic E-state index is 0.404. The molecular weight excluding hydrogens is 258 g/mol. The molecule has 19 heavy (non-hydrogen) atoms. The molecule has 0 spiro atoms. The monoisotopic (exact) mass is 275 g/mol. The molecule has 0 saturated carbocycles. The van der Waals surface area contributed by atoms with Crippen LogP contribution in [0.5, 0.6) is 5.75 Å². The van der Waals surface area contributed by atoms with Gasteiger partial charge in [0.2, 0.25) is 0 Å². The van der Waals surface area contributed by atoms with E-state index in [0.29, 0.717) is 12.5 Å². The molecular formula is C14H17N3OS. The van der Waals surface area contributed by atoms with Crippen molar-refractivity contribution < 1.29 is 4.74 Å². The fourth-order valence-corrected chi connectivity index (χ4v) is 2.44. The van der Waals surface area contributed by atoms with E-state index in [4.69, 9.17) is 10.5 Å². The minimum atomic E-state index is 0.404. The summed E-state index contributed by atoms with van der Waals surface area (Å²) in [7, 11) is 1.64. The Morgan fingerprint density at radius 3 is 2.95 bits per heavy atom. The Labute approximate surface area is 116 Å². The van der Waals surface area contributed by atoms with Crippen LogP contribution in [0.2, 0.25) is 0 Å². The second kappa shape index (κ2) is 6.24. The van der Waals surface area contributed by atoms with Crippen LogP contribution in [0.25, 0.3) is 0 Å². The van der Waals surface area contributed by atoms with Crippen LogP contribution in [0.1, 0.15) is 10.4 Å². The summed E-state index contributed by atoms with van der Waals surface area (Å²) in [6.07, 6.45) is 0. The van der Waals surface area contributed by atoms with Crippen LogP contribution in [0.4, 0.5) is 5.69 Å².